The maximum absolute atomic E-state index is 12.8. The van der Waals surface area contributed by atoms with Gasteiger partial charge in [0.1, 0.15) is 0 Å². The van der Waals surface area contributed by atoms with Crippen LogP contribution in [0.4, 0.5) is 0 Å². The summed E-state index contributed by atoms with van der Waals surface area (Å²) in [7, 11) is 1.12. The maximum Gasteiger partial charge on any atom is 0.0564 e. The molecule has 1 aromatic rings. The molecule has 0 aliphatic heterocycles. The van der Waals surface area contributed by atoms with Crippen LogP contribution in [0.5, 0.6) is 0 Å². The summed E-state index contributed by atoms with van der Waals surface area (Å²) >= 11 is 0. The summed E-state index contributed by atoms with van der Waals surface area (Å²) < 4.78 is 12.8. The molecule has 0 aromatic heterocycles. The van der Waals surface area contributed by atoms with Crippen LogP contribution in [-0.4, -0.2) is 22.5 Å². The van der Waals surface area contributed by atoms with Crippen molar-refractivity contribution < 1.29 is 4.21 Å². The molecular formula is C17H27NOS. The zero-order valence-electron chi connectivity index (χ0n) is 13.3. The summed E-state index contributed by atoms with van der Waals surface area (Å²) in [4.78, 5) is 0.978. The van der Waals surface area contributed by atoms with E-state index in [1.807, 2.05) is 7.05 Å². The van der Waals surface area contributed by atoms with Gasteiger partial charge in [-0.05, 0) is 48.9 Å². The largest absolute Gasteiger partial charge is 0.317 e. The van der Waals surface area contributed by atoms with E-state index in [0.29, 0.717) is 12.0 Å². The summed E-state index contributed by atoms with van der Waals surface area (Å²) in [5.41, 5.74) is 1.45. The van der Waals surface area contributed by atoms with Crippen molar-refractivity contribution in [2.75, 3.05) is 7.05 Å². The van der Waals surface area contributed by atoms with Crippen LogP contribution >= 0.6 is 0 Å². The first kappa shape index (κ1) is 15.7. The lowest BCUT2D eigenvalue weighted by Crippen LogP contribution is -2.32. The first-order valence-corrected chi connectivity index (χ1v) is 8.74. The molecule has 1 aromatic carbocycles. The number of hydrogen-bond donors (Lipinski definition) is 1. The first-order valence-electron chi connectivity index (χ1n) is 7.53. The summed E-state index contributed by atoms with van der Waals surface area (Å²) in [5.74, 6) is 0.475. The van der Waals surface area contributed by atoms with Gasteiger partial charge in [-0.1, -0.05) is 39.8 Å². The van der Waals surface area contributed by atoms with Gasteiger partial charge in [-0.25, -0.2) is 0 Å². The molecule has 0 amide bonds. The normalized spacial score (nSPS) is 28.6. The smallest absolute Gasteiger partial charge is 0.0564 e. The maximum atomic E-state index is 12.8. The Kier molecular flexibility index (Phi) is 4.70. The van der Waals surface area contributed by atoms with E-state index in [0.717, 1.165) is 17.7 Å². The molecule has 1 fully saturated rings. The summed E-state index contributed by atoms with van der Waals surface area (Å²) in [6.45, 7) is 8.83. The van der Waals surface area contributed by atoms with E-state index < -0.39 is 10.8 Å². The molecular weight excluding hydrogens is 266 g/mol. The Bertz CT molecular complexity index is 475. The third-order valence-electron chi connectivity index (χ3n) is 4.58. The molecule has 0 saturated heterocycles. The Morgan fingerprint density at radius 3 is 2.20 bits per heavy atom. The molecule has 1 N–H and O–H groups in total. The van der Waals surface area contributed by atoms with E-state index in [4.69, 9.17) is 0 Å². The molecule has 0 bridgehead atoms. The molecule has 2 nitrogen and oxygen atoms in total. The van der Waals surface area contributed by atoms with Crippen LogP contribution in [0.1, 0.15) is 46.1 Å². The lowest BCUT2D eigenvalue weighted by Gasteiger charge is -2.21. The van der Waals surface area contributed by atoms with E-state index in [1.54, 1.807) is 0 Å². The fraction of sp³-hybridized carbons (Fsp3) is 0.647. The van der Waals surface area contributed by atoms with Gasteiger partial charge in [0.15, 0.2) is 0 Å². The zero-order valence-corrected chi connectivity index (χ0v) is 14.1. The van der Waals surface area contributed by atoms with Crippen molar-refractivity contribution in [1.29, 1.82) is 0 Å². The van der Waals surface area contributed by atoms with Gasteiger partial charge in [-0.3, -0.25) is 4.21 Å². The highest BCUT2D eigenvalue weighted by molar-refractivity contribution is 7.85. The molecule has 3 heteroatoms. The van der Waals surface area contributed by atoms with Gasteiger partial charge in [0.25, 0.3) is 0 Å². The molecule has 4 unspecified atom stereocenters. The third-order valence-corrected chi connectivity index (χ3v) is 6.53. The van der Waals surface area contributed by atoms with Gasteiger partial charge >= 0.3 is 0 Å². The molecule has 1 saturated carbocycles. The molecule has 112 valence electrons. The monoisotopic (exact) mass is 293 g/mol. The van der Waals surface area contributed by atoms with Crippen molar-refractivity contribution in [2.24, 2.45) is 5.92 Å². The molecule has 1 aliphatic carbocycles. The molecule has 4 atom stereocenters. The summed E-state index contributed by atoms with van der Waals surface area (Å²) in [5, 5.41) is 3.63. The number of nitrogens with one attached hydrogen (secondary N) is 1. The fourth-order valence-electron chi connectivity index (χ4n) is 3.10. The van der Waals surface area contributed by atoms with Crippen molar-refractivity contribution in [3.05, 3.63) is 29.8 Å². The van der Waals surface area contributed by atoms with E-state index in [1.165, 1.54) is 5.56 Å². The van der Waals surface area contributed by atoms with Crippen molar-refractivity contribution in [3.63, 3.8) is 0 Å². The minimum absolute atomic E-state index is 0.151. The minimum atomic E-state index is -0.886. The SMILES string of the molecule is CNC1CCC(S(=O)c2ccc(C(C)(C)C)cc2)C1C. The zero-order chi connectivity index (χ0) is 14.9. The van der Waals surface area contributed by atoms with E-state index in [-0.39, 0.29) is 10.7 Å². The third kappa shape index (κ3) is 3.15. The molecule has 2 rings (SSSR count). The number of hydrogen-bond acceptors (Lipinski definition) is 2. The van der Waals surface area contributed by atoms with Crippen molar-refractivity contribution >= 4 is 10.8 Å². The first-order chi connectivity index (χ1) is 9.34. The Labute approximate surface area is 125 Å². The molecule has 0 heterocycles. The molecule has 1 aliphatic rings. The van der Waals surface area contributed by atoms with E-state index in [9.17, 15) is 4.21 Å². The lowest BCUT2D eigenvalue weighted by molar-refractivity contribution is 0.460. The minimum Gasteiger partial charge on any atom is -0.317 e. The van der Waals surface area contributed by atoms with Crippen LogP contribution in [-0.2, 0) is 16.2 Å². The number of benzene rings is 1. The highest BCUT2D eigenvalue weighted by Gasteiger charge is 2.36. The van der Waals surface area contributed by atoms with Crippen LogP contribution < -0.4 is 5.32 Å². The second-order valence-corrected chi connectivity index (χ2v) is 8.61. The molecule has 20 heavy (non-hydrogen) atoms. The molecule has 0 spiro atoms. The van der Waals surface area contributed by atoms with Crippen LogP contribution in [0.25, 0.3) is 0 Å². The quantitative estimate of drug-likeness (QED) is 0.924. The van der Waals surface area contributed by atoms with Crippen LogP contribution in [0, 0.1) is 5.92 Å². The Balaban J connectivity index is 2.14. The van der Waals surface area contributed by atoms with Gasteiger partial charge in [0.05, 0.1) is 10.8 Å². The van der Waals surface area contributed by atoms with Gasteiger partial charge in [-0.2, -0.15) is 0 Å². The predicted octanol–water partition coefficient (Wildman–Crippen LogP) is 3.48. The van der Waals surface area contributed by atoms with E-state index in [2.05, 4.69) is 57.3 Å². The second kappa shape index (κ2) is 5.98. The van der Waals surface area contributed by atoms with Crippen molar-refractivity contribution in [2.45, 2.75) is 62.1 Å². The topological polar surface area (TPSA) is 29.1 Å². The van der Waals surface area contributed by atoms with E-state index >= 15 is 0 Å². The number of rotatable bonds is 3. The Hall–Kier alpha value is -0.670. The Morgan fingerprint density at radius 1 is 1.15 bits per heavy atom. The summed E-state index contributed by atoms with van der Waals surface area (Å²) in [6.07, 6.45) is 2.19. The Morgan fingerprint density at radius 2 is 1.75 bits per heavy atom. The average molecular weight is 293 g/mol. The predicted molar refractivity (Wildman–Crippen MR) is 86.6 cm³/mol. The van der Waals surface area contributed by atoms with Gasteiger partial charge in [0, 0.05) is 16.2 Å². The van der Waals surface area contributed by atoms with Crippen LogP contribution in [0.15, 0.2) is 29.2 Å². The fourth-order valence-corrected chi connectivity index (χ4v) is 4.79. The van der Waals surface area contributed by atoms with Crippen molar-refractivity contribution in [3.8, 4) is 0 Å². The highest BCUT2D eigenvalue weighted by Crippen LogP contribution is 2.33. The molecule has 0 radical (unpaired) electrons. The standard InChI is InChI=1S/C17H27NOS/c1-12-15(18-5)10-11-16(12)20(19)14-8-6-13(7-9-14)17(2,3)4/h6-9,12,15-16,18H,10-11H2,1-5H3. The second-order valence-electron chi connectivity index (χ2n) is 6.94. The summed E-state index contributed by atoms with van der Waals surface area (Å²) in [6, 6.07) is 8.87. The van der Waals surface area contributed by atoms with Gasteiger partial charge in [-0.15, -0.1) is 0 Å². The van der Waals surface area contributed by atoms with Crippen molar-refractivity contribution in [1.82, 2.24) is 5.32 Å². The lowest BCUT2D eigenvalue weighted by atomic mass is 9.87. The van der Waals surface area contributed by atoms with Gasteiger partial charge in [0.2, 0.25) is 0 Å². The van der Waals surface area contributed by atoms with Crippen LogP contribution in [0.3, 0.4) is 0 Å². The van der Waals surface area contributed by atoms with Gasteiger partial charge < -0.3 is 5.32 Å². The highest BCUT2D eigenvalue weighted by atomic mass is 32.2. The average Bonchev–Trinajstić information content (AvgIpc) is 2.78. The van der Waals surface area contributed by atoms with Crippen LogP contribution in [0.2, 0.25) is 0 Å².